The van der Waals surface area contributed by atoms with Crippen LogP contribution >= 0.6 is 8.25 Å². The van der Waals surface area contributed by atoms with Crippen molar-refractivity contribution in [3.63, 3.8) is 0 Å². The summed E-state index contributed by atoms with van der Waals surface area (Å²) in [6.45, 7) is 16.5. The number of allylic oxidation sites excluding steroid dienone is 2. The van der Waals surface area contributed by atoms with Gasteiger partial charge in [0.05, 0.1) is 0 Å². The largest absolute Gasteiger partial charge is 0.698 e. The van der Waals surface area contributed by atoms with Crippen LogP contribution in [0.2, 0.25) is 0 Å². The van der Waals surface area contributed by atoms with E-state index in [9.17, 15) is 9.36 Å². The average Bonchev–Trinajstić information content (AvgIpc) is 2.15. The summed E-state index contributed by atoms with van der Waals surface area (Å²) in [5, 5.41) is 0. The van der Waals surface area contributed by atoms with Gasteiger partial charge >= 0.3 is 14.2 Å². The fraction of sp³-hybridized carbons (Fsp3) is 0.417. The fourth-order valence-electron chi connectivity index (χ4n) is 0.517. The first-order valence-corrected chi connectivity index (χ1v) is 6.17. The van der Waals surface area contributed by atoms with E-state index in [1.54, 1.807) is 6.08 Å². The molecule has 0 aromatic rings. The zero-order valence-corrected chi connectivity index (χ0v) is 12.1. The molecule has 0 bridgehead atoms. The summed E-state index contributed by atoms with van der Waals surface area (Å²) in [6, 6.07) is 0. The Morgan fingerprint density at radius 2 is 1.72 bits per heavy atom. The van der Waals surface area contributed by atoms with Crippen molar-refractivity contribution in [1.29, 1.82) is 0 Å². The van der Waals surface area contributed by atoms with Crippen LogP contribution in [0.5, 0.6) is 0 Å². The van der Waals surface area contributed by atoms with Gasteiger partial charge in [-0.15, -0.1) is 4.89 Å². The van der Waals surface area contributed by atoms with Crippen molar-refractivity contribution >= 4 is 14.2 Å². The van der Waals surface area contributed by atoms with E-state index < -0.39 is 20.0 Å². The molecule has 5 nitrogen and oxygen atoms in total. The highest BCUT2D eigenvalue weighted by Gasteiger charge is 2.34. The molecule has 0 spiro atoms. The normalized spacial score (nSPS) is 10.6. The van der Waals surface area contributed by atoms with Crippen molar-refractivity contribution in [2.24, 2.45) is 0 Å². The molecule has 0 amide bonds. The molecule has 0 aliphatic carbocycles. The van der Waals surface area contributed by atoms with Crippen molar-refractivity contribution < 1.29 is 23.5 Å². The molecule has 0 aromatic carbocycles. The first kappa shape index (κ1) is 19.1. The molecule has 0 saturated heterocycles. The van der Waals surface area contributed by atoms with Gasteiger partial charge in [-0.3, -0.25) is 0 Å². The van der Waals surface area contributed by atoms with Gasteiger partial charge in [0.2, 0.25) is 0 Å². The summed E-state index contributed by atoms with van der Waals surface area (Å²) >= 11 is 0. The van der Waals surface area contributed by atoms with Crippen LogP contribution in [0.15, 0.2) is 37.0 Å². The molecule has 1 N–H and O–H groups in total. The quantitative estimate of drug-likeness (QED) is 0.274. The van der Waals surface area contributed by atoms with Crippen LogP contribution in [0, 0.1) is 0 Å². The molecule has 6 heteroatoms. The molecule has 0 radical (unpaired) electrons. The summed E-state index contributed by atoms with van der Waals surface area (Å²) in [7, 11) is -2.80. The Hall–Kier alpha value is -1.29. The highest BCUT2D eigenvalue weighted by Crippen LogP contribution is 2.27. The number of carbonyl (C=O) groups is 1. The summed E-state index contributed by atoms with van der Waals surface area (Å²) in [4.78, 5) is 19.4. The zero-order chi connectivity index (χ0) is 14.9. The van der Waals surface area contributed by atoms with Gasteiger partial charge in [-0.2, -0.15) is 0 Å². The third kappa shape index (κ3) is 12.8. The van der Waals surface area contributed by atoms with Crippen LogP contribution in [-0.2, 0) is 18.6 Å². The first-order valence-electron chi connectivity index (χ1n) is 5.04. The second-order valence-electron chi connectivity index (χ2n) is 3.95. The minimum Gasteiger partial charge on any atom is -0.426 e. The van der Waals surface area contributed by atoms with Crippen molar-refractivity contribution in [2.45, 2.75) is 33.5 Å². The van der Waals surface area contributed by atoms with Gasteiger partial charge in [-0.25, -0.2) is 4.79 Å². The molecule has 0 aliphatic heterocycles. The van der Waals surface area contributed by atoms with Gasteiger partial charge in [0.15, 0.2) is 0 Å². The lowest BCUT2D eigenvalue weighted by molar-refractivity contribution is -0.181. The number of ether oxygens (including phenoxy) is 1. The van der Waals surface area contributed by atoms with Crippen LogP contribution in [-0.4, -0.2) is 16.6 Å². The fourth-order valence-corrected chi connectivity index (χ4v) is 0.930. The number of hydrogen-bond acceptors (Lipinski definition) is 4. The third-order valence-corrected chi connectivity index (χ3v) is 1.93. The molecule has 0 rings (SSSR count). The molecule has 0 fully saturated rings. The summed E-state index contributed by atoms with van der Waals surface area (Å²) in [5.74, 6) is -2.08. The second kappa shape index (κ2) is 8.75. The van der Waals surface area contributed by atoms with E-state index in [0.29, 0.717) is 0 Å². The van der Waals surface area contributed by atoms with Crippen LogP contribution in [0.3, 0.4) is 0 Å². The zero-order valence-electron chi connectivity index (χ0n) is 11.2. The molecule has 0 aliphatic rings. The Balaban J connectivity index is 0. The van der Waals surface area contributed by atoms with Gasteiger partial charge in [0, 0.05) is 24.0 Å². The predicted octanol–water partition coefficient (Wildman–Crippen LogP) is 3.26. The summed E-state index contributed by atoms with van der Waals surface area (Å²) < 4.78 is 19.4. The van der Waals surface area contributed by atoms with Crippen molar-refractivity contribution in [3.8, 4) is 0 Å². The molecule has 1 atom stereocenters. The van der Waals surface area contributed by atoms with Gasteiger partial charge in [-0.1, -0.05) is 35.9 Å². The second-order valence-corrected chi connectivity index (χ2v) is 4.61. The van der Waals surface area contributed by atoms with Crippen LogP contribution < -0.4 is 0 Å². The van der Waals surface area contributed by atoms with E-state index in [1.165, 1.54) is 20.8 Å². The van der Waals surface area contributed by atoms with Crippen LogP contribution in [0.1, 0.15) is 27.7 Å². The Kier molecular flexibility index (Phi) is 9.27. The lowest BCUT2D eigenvalue weighted by atomic mass is 10.3. The minimum atomic E-state index is -2.80. The number of esters is 1. The predicted molar refractivity (Wildman–Crippen MR) is 70.9 cm³/mol. The standard InChI is InChI=1S/C7H11O5P.C5H8/c1-5(2)6(8)11-7(3,4)12-13(9)10;1-4-5(2)3/h1H2,2-4H3;4H,1-2H2,3H3/p+1. The van der Waals surface area contributed by atoms with Gasteiger partial charge in [-0.05, 0) is 13.8 Å². The number of rotatable bonds is 5. The monoisotopic (exact) mass is 275 g/mol. The highest BCUT2D eigenvalue weighted by molar-refractivity contribution is 7.32. The lowest BCUT2D eigenvalue weighted by Gasteiger charge is -2.17. The average molecular weight is 275 g/mol. The van der Waals surface area contributed by atoms with Gasteiger partial charge in [0.1, 0.15) is 0 Å². The summed E-state index contributed by atoms with van der Waals surface area (Å²) in [5.41, 5.74) is 1.22. The van der Waals surface area contributed by atoms with E-state index in [4.69, 9.17) is 9.63 Å². The Bertz CT molecular complexity index is 357. The molecule has 102 valence electrons. The Morgan fingerprint density at radius 3 is 1.94 bits per heavy atom. The van der Waals surface area contributed by atoms with Gasteiger partial charge < -0.3 is 4.74 Å². The minimum absolute atomic E-state index is 0.199. The van der Waals surface area contributed by atoms with Crippen LogP contribution in [0.4, 0.5) is 0 Å². The third-order valence-electron chi connectivity index (χ3n) is 1.33. The Labute approximate surface area is 109 Å². The SMILES string of the molecule is C=C(C)C(=O)OC(C)(C)O[P+](=O)O.C=CC(=C)C. The van der Waals surface area contributed by atoms with E-state index in [2.05, 4.69) is 24.3 Å². The molecular weight excluding hydrogens is 255 g/mol. The Morgan fingerprint density at radius 1 is 1.33 bits per heavy atom. The maximum atomic E-state index is 11.0. The first-order chi connectivity index (χ1) is 8.01. The topological polar surface area (TPSA) is 72.8 Å². The number of hydrogen-bond donors (Lipinski definition) is 1. The molecule has 0 heterocycles. The molecule has 0 aromatic heterocycles. The molecule has 1 unspecified atom stereocenters. The highest BCUT2D eigenvalue weighted by atomic mass is 31.1. The van der Waals surface area contributed by atoms with Crippen molar-refractivity contribution in [3.05, 3.63) is 37.0 Å². The van der Waals surface area contributed by atoms with Crippen molar-refractivity contribution in [1.82, 2.24) is 0 Å². The molecule has 0 saturated carbocycles. The van der Waals surface area contributed by atoms with E-state index in [0.717, 1.165) is 5.57 Å². The van der Waals surface area contributed by atoms with Gasteiger partial charge in [0.25, 0.3) is 5.79 Å². The maximum Gasteiger partial charge on any atom is 0.698 e. The smallest absolute Gasteiger partial charge is 0.426 e. The van der Waals surface area contributed by atoms with E-state index in [-0.39, 0.29) is 5.57 Å². The summed E-state index contributed by atoms with van der Waals surface area (Å²) in [6.07, 6.45) is 1.72. The van der Waals surface area contributed by atoms with E-state index >= 15 is 0 Å². The van der Waals surface area contributed by atoms with E-state index in [1.807, 2.05) is 6.92 Å². The van der Waals surface area contributed by atoms with Crippen molar-refractivity contribution in [2.75, 3.05) is 0 Å². The molecular formula is C12H20O5P+. The number of carbonyl (C=O) groups excluding carboxylic acids is 1. The van der Waals surface area contributed by atoms with Crippen LogP contribution in [0.25, 0.3) is 0 Å². The lowest BCUT2D eigenvalue weighted by Crippen LogP contribution is -2.29. The molecule has 18 heavy (non-hydrogen) atoms. The maximum absolute atomic E-state index is 11.0.